The Bertz CT molecular complexity index is 507. The van der Waals surface area contributed by atoms with E-state index in [9.17, 15) is 13.2 Å². The third kappa shape index (κ3) is 4.37. The van der Waals surface area contributed by atoms with Crippen molar-refractivity contribution in [3.63, 3.8) is 0 Å². The van der Waals surface area contributed by atoms with Crippen LogP contribution in [0.1, 0.15) is 38.8 Å². The Morgan fingerprint density at radius 2 is 1.81 bits per heavy atom. The summed E-state index contributed by atoms with van der Waals surface area (Å²) in [4.78, 5) is 1.97. The van der Waals surface area contributed by atoms with Gasteiger partial charge in [0, 0.05) is 23.8 Å². The number of hydrogen-bond acceptors (Lipinski definition) is 2. The molecule has 0 fully saturated rings. The van der Waals surface area contributed by atoms with Crippen molar-refractivity contribution in [1.29, 1.82) is 5.41 Å². The topological polar surface area (TPSA) is 53.1 Å². The van der Waals surface area contributed by atoms with Crippen LogP contribution in [0.3, 0.4) is 0 Å². The lowest BCUT2D eigenvalue weighted by atomic mass is 10.0. The van der Waals surface area contributed by atoms with Gasteiger partial charge in [-0.2, -0.15) is 13.2 Å². The molecule has 1 aromatic carbocycles. The van der Waals surface area contributed by atoms with Crippen LogP contribution in [0.4, 0.5) is 18.9 Å². The molecule has 21 heavy (non-hydrogen) atoms. The first-order valence-corrected chi connectivity index (χ1v) is 6.86. The molecule has 0 bridgehead atoms. The van der Waals surface area contributed by atoms with Gasteiger partial charge in [-0.25, -0.2) is 0 Å². The zero-order valence-electron chi connectivity index (χ0n) is 12.8. The van der Waals surface area contributed by atoms with Crippen molar-refractivity contribution < 1.29 is 13.2 Å². The van der Waals surface area contributed by atoms with Gasteiger partial charge in [-0.1, -0.05) is 13.8 Å². The van der Waals surface area contributed by atoms with Crippen molar-refractivity contribution in [3.05, 3.63) is 29.3 Å². The predicted molar refractivity (Wildman–Crippen MR) is 79.8 cm³/mol. The SMILES string of the molecule is CC(C)CN(c1ccc(C(F)(F)F)cc1C(=N)N)C(C)C. The molecule has 0 aliphatic heterocycles. The van der Waals surface area contributed by atoms with E-state index in [0.29, 0.717) is 18.2 Å². The Labute approximate surface area is 123 Å². The van der Waals surface area contributed by atoms with Crippen LogP contribution in [0.25, 0.3) is 0 Å². The molecule has 1 rings (SSSR count). The molecule has 0 radical (unpaired) electrons. The molecule has 0 unspecified atom stereocenters. The van der Waals surface area contributed by atoms with Crippen molar-refractivity contribution in [3.8, 4) is 0 Å². The monoisotopic (exact) mass is 301 g/mol. The quantitative estimate of drug-likeness (QED) is 0.641. The van der Waals surface area contributed by atoms with Crippen molar-refractivity contribution >= 4 is 11.5 Å². The van der Waals surface area contributed by atoms with Crippen LogP contribution in [0.15, 0.2) is 18.2 Å². The molecular formula is C15H22F3N3. The highest BCUT2D eigenvalue weighted by molar-refractivity contribution is 6.00. The number of amidine groups is 1. The highest BCUT2D eigenvalue weighted by Gasteiger charge is 2.32. The first kappa shape index (κ1) is 17.3. The van der Waals surface area contributed by atoms with Gasteiger partial charge >= 0.3 is 6.18 Å². The standard InChI is InChI=1S/C15H22F3N3/c1-9(2)8-21(10(3)4)13-6-5-11(15(16,17)18)7-12(13)14(19)20/h5-7,9-10H,8H2,1-4H3,(H3,19,20). The maximum Gasteiger partial charge on any atom is 0.416 e. The Morgan fingerprint density at radius 1 is 1.24 bits per heavy atom. The normalized spacial score (nSPS) is 12.0. The highest BCUT2D eigenvalue weighted by Crippen LogP contribution is 2.33. The van der Waals surface area contributed by atoms with Crippen LogP contribution >= 0.6 is 0 Å². The van der Waals surface area contributed by atoms with Gasteiger partial charge in [-0.3, -0.25) is 5.41 Å². The predicted octanol–water partition coefficient (Wildman–Crippen LogP) is 3.86. The molecule has 0 spiro atoms. The first-order valence-electron chi connectivity index (χ1n) is 6.86. The fourth-order valence-electron chi connectivity index (χ4n) is 2.16. The fourth-order valence-corrected chi connectivity index (χ4v) is 2.16. The summed E-state index contributed by atoms with van der Waals surface area (Å²) in [5.74, 6) is -0.0139. The summed E-state index contributed by atoms with van der Waals surface area (Å²) in [6.07, 6.45) is -4.44. The molecule has 0 amide bonds. The van der Waals surface area contributed by atoms with Crippen LogP contribution in [0.2, 0.25) is 0 Å². The lowest BCUT2D eigenvalue weighted by molar-refractivity contribution is -0.137. The lowest BCUT2D eigenvalue weighted by Crippen LogP contribution is -2.36. The minimum atomic E-state index is -4.44. The minimum Gasteiger partial charge on any atom is -0.384 e. The van der Waals surface area contributed by atoms with Crippen molar-refractivity contribution in [2.75, 3.05) is 11.4 Å². The van der Waals surface area contributed by atoms with Crippen molar-refractivity contribution in [2.24, 2.45) is 11.7 Å². The van der Waals surface area contributed by atoms with Gasteiger partial charge in [0.1, 0.15) is 5.84 Å². The highest BCUT2D eigenvalue weighted by atomic mass is 19.4. The molecule has 0 aliphatic carbocycles. The Kier molecular flexibility index (Phi) is 5.25. The van der Waals surface area contributed by atoms with E-state index in [2.05, 4.69) is 0 Å². The molecular weight excluding hydrogens is 279 g/mol. The summed E-state index contributed by atoms with van der Waals surface area (Å²) in [7, 11) is 0. The van der Waals surface area contributed by atoms with Gasteiger partial charge in [-0.15, -0.1) is 0 Å². The number of alkyl halides is 3. The summed E-state index contributed by atoms with van der Waals surface area (Å²) < 4.78 is 38.4. The van der Waals surface area contributed by atoms with E-state index in [1.165, 1.54) is 6.07 Å². The van der Waals surface area contributed by atoms with E-state index in [0.717, 1.165) is 12.1 Å². The smallest absolute Gasteiger partial charge is 0.384 e. The molecule has 1 aromatic rings. The Hall–Kier alpha value is -1.72. The van der Waals surface area contributed by atoms with Crippen LogP contribution in [-0.4, -0.2) is 18.4 Å². The molecule has 118 valence electrons. The van der Waals surface area contributed by atoms with Gasteiger partial charge in [0.15, 0.2) is 0 Å². The van der Waals surface area contributed by atoms with E-state index in [1.807, 2.05) is 32.6 Å². The fraction of sp³-hybridized carbons (Fsp3) is 0.533. The van der Waals surface area contributed by atoms with Crippen LogP contribution in [-0.2, 0) is 6.18 Å². The van der Waals surface area contributed by atoms with E-state index in [-0.39, 0.29) is 17.4 Å². The number of hydrogen-bond donors (Lipinski definition) is 2. The van der Waals surface area contributed by atoms with Gasteiger partial charge in [0.05, 0.1) is 5.56 Å². The van der Waals surface area contributed by atoms with Crippen LogP contribution < -0.4 is 10.6 Å². The zero-order valence-corrected chi connectivity index (χ0v) is 12.8. The summed E-state index contributed by atoms with van der Waals surface area (Å²) in [5.41, 5.74) is 5.39. The molecule has 0 saturated carbocycles. The molecule has 0 saturated heterocycles. The molecule has 0 atom stereocenters. The second-order valence-electron chi connectivity index (χ2n) is 5.78. The molecule has 3 nitrogen and oxygen atoms in total. The number of nitrogens with one attached hydrogen (secondary N) is 1. The largest absolute Gasteiger partial charge is 0.416 e. The molecule has 0 heterocycles. The Balaban J connectivity index is 3.37. The number of halogens is 3. The van der Waals surface area contributed by atoms with Crippen LogP contribution in [0, 0.1) is 11.3 Å². The number of anilines is 1. The maximum absolute atomic E-state index is 12.8. The number of nitrogen functional groups attached to an aromatic ring is 1. The second-order valence-corrected chi connectivity index (χ2v) is 5.78. The third-order valence-corrected chi connectivity index (χ3v) is 3.11. The molecule has 6 heteroatoms. The number of nitrogens with two attached hydrogens (primary N) is 1. The van der Waals surface area contributed by atoms with Gasteiger partial charge in [0.25, 0.3) is 0 Å². The lowest BCUT2D eigenvalue weighted by Gasteiger charge is -2.32. The van der Waals surface area contributed by atoms with E-state index in [4.69, 9.17) is 11.1 Å². The zero-order chi connectivity index (χ0) is 16.4. The third-order valence-electron chi connectivity index (χ3n) is 3.11. The van der Waals surface area contributed by atoms with E-state index in [1.54, 1.807) is 0 Å². The van der Waals surface area contributed by atoms with Crippen molar-refractivity contribution in [2.45, 2.75) is 39.9 Å². The molecule has 3 N–H and O–H groups in total. The number of rotatable bonds is 5. The Morgan fingerprint density at radius 3 is 2.19 bits per heavy atom. The summed E-state index contributed by atoms with van der Waals surface area (Å²) in [6.45, 7) is 8.68. The van der Waals surface area contributed by atoms with E-state index >= 15 is 0 Å². The first-order chi connectivity index (χ1) is 9.54. The number of benzene rings is 1. The number of nitrogens with zero attached hydrogens (tertiary/aromatic N) is 1. The molecule has 0 aliphatic rings. The van der Waals surface area contributed by atoms with Crippen molar-refractivity contribution in [1.82, 2.24) is 0 Å². The second kappa shape index (κ2) is 6.37. The summed E-state index contributed by atoms with van der Waals surface area (Å²) in [6, 6.07) is 3.49. The average molecular weight is 301 g/mol. The summed E-state index contributed by atoms with van der Waals surface area (Å²) in [5, 5.41) is 7.58. The van der Waals surface area contributed by atoms with Crippen LogP contribution in [0.5, 0.6) is 0 Å². The van der Waals surface area contributed by atoms with Gasteiger partial charge < -0.3 is 10.6 Å². The average Bonchev–Trinajstić information content (AvgIpc) is 2.33. The minimum absolute atomic E-state index is 0.0993. The molecule has 0 aromatic heterocycles. The van der Waals surface area contributed by atoms with E-state index < -0.39 is 11.7 Å². The summed E-state index contributed by atoms with van der Waals surface area (Å²) >= 11 is 0. The van der Waals surface area contributed by atoms with Gasteiger partial charge in [0.2, 0.25) is 0 Å². The van der Waals surface area contributed by atoms with Gasteiger partial charge in [-0.05, 0) is 38.0 Å². The maximum atomic E-state index is 12.8.